The first-order valence-corrected chi connectivity index (χ1v) is 12.5. The van der Waals surface area contributed by atoms with E-state index in [4.69, 9.17) is 29.2 Å². The topological polar surface area (TPSA) is 74.5 Å². The molecule has 6 rings (SSSR count). The SMILES string of the molecule is Cc1cccc(COc2cccc(-c3nc(N4CCOCC4)c4nc5n(c4n3)CCOC5(C)C)c2)c1. The van der Waals surface area contributed by atoms with Gasteiger partial charge in [-0.15, -0.1) is 0 Å². The fourth-order valence-corrected chi connectivity index (χ4v) is 4.93. The molecule has 186 valence electrons. The molecule has 4 aromatic rings. The molecule has 0 aliphatic carbocycles. The Morgan fingerprint density at radius 3 is 2.61 bits per heavy atom. The standard InChI is InChI=1S/C28H31N5O3/c1-19-6-4-7-20(16-19)18-35-22-9-5-8-21(17-22)24-30-25(32-10-13-34-14-11-32)23-26(31-24)33-12-15-36-28(2,3)27(33)29-23/h4-9,16-17H,10-15,18H2,1-3H3. The summed E-state index contributed by atoms with van der Waals surface area (Å²) in [4.78, 5) is 17.3. The normalized spacial score (nSPS) is 17.2. The molecule has 2 aromatic carbocycles. The van der Waals surface area contributed by atoms with Crippen LogP contribution < -0.4 is 9.64 Å². The van der Waals surface area contributed by atoms with Crippen molar-refractivity contribution in [3.8, 4) is 17.1 Å². The van der Waals surface area contributed by atoms with E-state index in [-0.39, 0.29) is 0 Å². The molecule has 8 nitrogen and oxygen atoms in total. The lowest BCUT2D eigenvalue weighted by molar-refractivity contribution is -0.0530. The van der Waals surface area contributed by atoms with Gasteiger partial charge >= 0.3 is 0 Å². The number of aromatic nitrogens is 4. The summed E-state index contributed by atoms with van der Waals surface area (Å²) in [6.07, 6.45) is 0. The Morgan fingerprint density at radius 2 is 1.78 bits per heavy atom. The highest BCUT2D eigenvalue weighted by Crippen LogP contribution is 2.35. The Labute approximate surface area is 210 Å². The highest BCUT2D eigenvalue weighted by atomic mass is 16.5. The second-order valence-electron chi connectivity index (χ2n) is 9.89. The third-order valence-electron chi connectivity index (χ3n) is 6.78. The number of nitrogens with zero attached hydrogens (tertiary/aromatic N) is 5. The van der Waals surface area contributed by atoms with Crippen LogP contribution in [0.2, 0.25) is 0 Å². The van der Waals surface area contributed by atoms with Gasteiger partial charge < -0.3 is 23.7 Å². The Hall–Kier alpha value is -3.49. The Bertz CT molecular complexity index is 1410. The van der Waals surface area contributed by atoms with Gasteiger partial charge in [0.2, 0.25) is 0 Å². The van der Waals surface area contributed by atoms with E-state index in [2.05, 4.69) is 54.5 Å². The molecule has 0 radical (unpaired) electrons. The number of benzene rings is 2. The maximum Gasteiger partial charge on any atom is 0.166 e. The van der Waals surface area contributed by atoms with Crippen molar-refractivity contribution in [2.45, 2.75) is 39.5 Å². The minimum absolute atomic E-state index is 0.481. The molecule has 2 aliphatic heterocycles. The van der Waals surface area contributed by atoms with Crippen molar-refractivity contribution >= 4 is 17.0 Å². The van der Waals surface area contributed by atoms with Crippen molar-refractivity contribution in [1.82, 2.24) is 19.5 Å². The predicted octanol–water partition coefficient (Wildman–Crippen LogP) is 4.48. The van der Waals surface area contributed by atoms with Crippen LogP contribution >= 0.6 is 0 Å². The van der Waals surface area contributed by atoms with E-state index >= 15 is 0 Å². The molecule has 8 heteroatoms. The van der Waals surface area contributed by atoms with Crippen molar-refractivity contribution in [1.29, 1.82) is 0 Å². The molecular formula is C28H31N5O3. The molecule has 4 heterocycles. The number of rotatable bonds is 5. The van der Waals surface area contributed by atoms with Crippen LogP contribution in [0.5, 0.6) is 5.75 Å². The van der Waals surface area contributed by atoms with Crippen LogP contribution in [-0.2, 0) is 28.2 Å². The molecule has 0 amide bonds. The van der Waals surface area contributed by atoms with E-state index in [1.54, 1.807) is 0 Å². The maximum atomic E-state index is 6.13. The molecular weight excluding hydrogens is 454 g/mol. The molecule has 0 atom stereocenters. The zero-order chi connectivity index (χ0) is 24.7. The second-order valence-corrected chi connectivity index (χ2v) is 9.89. The van der Waals surface area contributed by atoms with Crippen LogP contribution in [0.1, 0.15) is 30.8 Å². The molecule has 2 aromatic heterocycles. The second kappa shape index (κ2) is 9.19. The highest BCUT2D eigenvalue weighted by molar-refractivity contribution is 5.86. The fraction of sp³-hybridized carbons (Fsp3) is 0.393. The molecule has 0 N–H and O–H groups in total. The van der Waals surface area contributed by atoms with Gasteiger partial charge in [-0.1, -0.05) is 42.0 Å². The summed E-state index contributed by atoms with van der Waals surface area (Å²) >= 11 is 0. The van der Waals surface area contributed by atoms with Gasteiger partial charge in [-0.2, -0.15) is 0 Å². The van der Waals surface area contributed by atoms with Crippen molar-refractivity contribution in [3.63, 3.8) is 0 Å². The Kier molecular flexibility index (Phi) is 5.85. The van der Waals surface area contributed by atoms with Gasteiger partial charge in [0.25, 0.3) is 0 Å². The summed E-state index contributed by atoms with van der Waals surface area (Å²) in [5, 5.41) is 0. The lowest BCUT2D eigenvalue weighted by Crippen LogP contribution is -2.37. The first-order valence-electron chi connectivity index (χ1n) is 12.5. The van der Waals surface area contributed by atoms with Crippen LogP contribution in [0.25, 0.3) is 22.6 Å². The van der Waals surface area contributed by atoms with Crippen LogP contribution in [0.3, 0.4) is 0 Å². The van der Waals surface area contributed by atoms with E-state index < -0.39 is 5.60 Å². The summed E-state index contributed by atoms with van der Waals surface area (Å²) in [5.74, 6) is 3.19. The third-order valence-corrected chi connectivity index (χ3v) is 6.78. The largest absolute Gasteiger partial charge is 0.489 e. The van der Waals surface area contributed by atoms with E-state index in [1.807, 2.05) is 24.3 Å². The van der Waals surface area contributed by atoms with Gasteiger partial charge in [0.1, 0.15) is 23.8 Å². The number of anilines is 1. The van der Waals surface area contributed by atoms with E-state index in [0.717, 1.165) is 52.8 Å². The fourth-order valence-electron chi connectivity index (χ4n) is 4.93. The molecule has 36 heavy (non-hydrogen) atoms. The molecule has 2 aliphatic rings. The van der Waals surface area contributed by atoms with Crippen LogP contribution in [0.4, 0.5) is 5.82 Å². The number of morpholine rings is 1. The van der Waals surface area contributed by atoms with Gasteiger partial charge in [-0.25, -0.2) is 15.0 Å². The maximum absolute atomic E-state index is 6.13. The Balaban J connectivity index is 1.41. The summed E-state index contributed by atoms with van der Waals surface area (Å²) in [6.45, 7) is 10.9. The van der Waals surface area contributed by atoms with E-state index in [9.17, 15) is 0 Å². The number of hydrogen-bond donors (Lipinski definition) is 0. The zero-order valence-corrected chi connectivity index (χ0v) is 21.0. The monoisotopic (exact) mass is 485 g/mol. The first kappa shape index (κ1) is 22.9. The third kappa shape index (κ3) is 4.31. The van der Waals surface area contributed by atoms with Crippen molar-refractivity contribution < 1.29 is 14.2 Å². The summed E-state index contributed by atoms with van der Waals surface area (Å²) in [6, 6.07) is 16.4. The van der Waals surface area contributed by atoms with Crippen LogP contribution in [0, 0.1) is 6.92 Å². The lowest BCUT2D eigenvalue weighted by Gasteiger charge is -2.30. The number of ether oxygens (including phenoxy) is 3. The highest BCUT2D eigenvalue weighted by Gasteiger charge is 2.34. The van der Waals surface area contributed by atoms with Gasteiger partial charge in [0.15, 0.2) is 22.8 Å². The van der Waals surface area contributed by atoms with Crippen LogP contribution in [-0.4, -0.2) is 52.4 Å². The number of imidazole rings is 1. The lowest BCUT2D eigenvalue weighted by atomic mass is 10.1. The minimum atomic E-state index is -0.481. The van der Waals surface area contributed by atoms with Crippen LogP contribution in [0.15, 0.2) is 48.5 Å². The quantitative estimate of drug-likeness (QED) is 0.413. The molecule has 1 saturated heterocycles. The summed E-state index contributed by atoms with van der Waals surface area (Å²) in [7, 11) is 0. The van der Waals surface area contributed by atoms with Crippen molar-refractivity contribution in [2.24, 2.45) is 0 Å². The minimum Gasteiger partial charge on any atom is -0.489 e. The molecule has 0 unspecified atom stereocenters. The van der Waals surface area contributed by atoms with Gasteiger partial charge in [-0.05, 0) is 38.5 Å². The zero-order valence-electron chi connectivity index (χ0n) is 21.0. The number of hydrogen-bond acceptors (Lipinski definition) is 7. The number of fused-ring (bicyclic) bond motifs is 3. The molecule has 1 fully saturated rings. The average Bonchev–Trinajstić information content (AvgIpc) is 3.28. The number of aryl methyl sites for hydroxylation is 1. The van der Waals surface area contributed by atoms with Gasteiger partial charge in [-0.3, -0.25) is 0 Å². The average molecular weight is 486 g/mol. The Morgan fingerprint density at radius 1 is 0.944 bits per heavy atom. The van der Waals surface area contributed by atoms with Gasteiger partial charge in [0.05, 0.1) is 19.8 Å². The van der Waals surface area contributed by atoms with E-state index in [1.165, 1.54) is 5.56 Å². The first-order chi connectivity index (χ1) is 17.5. The smallest absolute Gasteiger partial charge is 0.166 e. The van der Waals surface area contributed by atoms with E-state index in [0.29, 0.717) is 38.8 Å². The van der Waals surface area contributed by atoms with Crippen molar-refractivity contribution in [2.75, 3.05) is 37.8 Å². The van der Waals surface area contributed by atoms with Gasteiger partial charge in [0, 0.05) is 25.2 Å². The predicted molar refractivity (Wildman–Crippen MR) is 138 cm³/mol. The van der Waals surface area contributed by atoms with Crippen molar-refractivity contribution in [3.05, 3.63) is 65.5 Å². The molecule has 0 spiro atoms. The molecule has 0 saturated carbocycles. The summed E-state index contributed by atoms with van der Waals surface area (Å²) < 4.78 is 19.9. The molecule has 0 bridgehead atoms. The summed E-state index contributed by atoms with van der Waals surface area (Å²) in [5.41, 5.74) is 4.46.